The molecule has 0 aromatic rings. The minimum atomic E-state index is -1.92. The topological polar surface area (TPSA) is 0 Å². The molecule has 0 saturated carbocycles. The summed E-state index contributed by atoms with van der Waals surface area (Å²) in [6, 6.07) is 0. The van der Waals surface area contributed by atoms with Crippen molar-refractivity contribution in [3.8, 4) is 0 Å². The zero-order valence-electron chi connectivity index (χ0n) is 9.04. The zero-order valence-corrected chi connectivity index (χ0v) is 12.9. The maximum absolute atomic E-state index is 4.97. The van der Waals surface area contributed by atoms with Crippen molar-refractivity contribution in [2.24, 2.45) is 0 Å². The molecule has 0 nitrogen and oxygen atoms in total. The first-order chi connectivity index (χ1) is 7.02. The van der Waals surface area contributed by atoms with E-state index >= 15 is 0 Å². The first-order valence-corrected chi connectivity index (χ1v) is 11.5. The Morgan fingerprint density at radius 3 is 1.93 bits per heavy atom. The fourth-order valence-corrected chi connectivity index (χ4v) is 2.27. The fraction of sp³-hybridized carbons (Fsp3) is 0.545. The quantitative estimate of drug-likeness (QED) is 0.520. The monoisotopic (exact) mass is 300 g/mol. The molecule has 0 aromatic heterocycles. The molecule has 84 valence electrons. The third-order valence-electron chi connectivity index (χ3n) is 2.85. The van der Waals surface area contributed by atoms with E-state index in [4.69, 9.17) is 27.9 Å². The predicted molar refractivity (Wildman–Crippen MR) is 65.7 cm³/mol. The normalized spacial score (nSPS) is 20.5. The number of rotatable bonds is 0. The molecule has 15 heavy (non-hydrogen) atoms. The van der Waals surface area contributed by atoms with Crippen molar-refractivity contribution in [3.63, 3.8) is 0 Å². The first kappa shape index (κ1) is 14.1. The summed E-state index contributed by atoms with van der Waals surface area (Å²) >= 11 is -1.92. The van der Waals surface area contributed by atoms with E-state index in [-0.39, 0.29) is 0 Å². The summed E-state index contributed by atoms with van der Waals surface area (Å²) in [6.07, 6.45) is 7.80. The molecule has 4 heteroatoms. The molecule has 0 unspecified atom stereocenters. The number of hydrogen-bond donors (Lipinski definition) is 0. The van der Waals surface area contributed by atoms with Crippen LogP contribution in [0.1, 0.15) is 39.5 Å². The van der Waals surface area contributed by atoms with E-state index in [0.29, 0.717) is 0 Å². The van der Waals surface area contributed by atoms with Crippen LogP contribution in [0.15, 0.2) is 22.8 Å². The average Bonchev–Trinajstić information content (AvgIpc) is 2.43. The summed E-state index contributed by atoms with van der Waals surface area (Å²) in [5.74, 6) is 1.53. The second kappa shape index (κ2) is 6.72. The maximum atomic E-state index is 4.97. The molecular weight excluding hydrogens is 286 g/mol. The summed E-state index contributed by atoms with van der Waals surface area (Å²) in [7, 11) is 14.9. The van der Waals surface area contributed by atoms with Crippen LogP contribution in [0.25, 0.3) is 0 Å². The Morgan fingerprint density at radius 1 is 1.00 bits per heavy atom. The van der Waals surface area contributed by atoms with Gasteiger partial charge in [-0.3, -0.25) is 0 Å². The third kappa shape index (κ3) is 4.44. The Kier molecular flexibility index (Phi) is 6.32. The molecule has 0 saturated heterocycles. The number of halogens is 3. The van der Waals surface area contributed by atoms with Gasteiger partial charge >= 0.3 is 42.6 Å². The zero-order chi connectivity index (χ0) is 11.4. The van der Waals surface area contributed by atoms with Crippen LogP contribution in [0, 0.1) is 5.92 Å². The van der Waals surface area contributed by atoms with Gasteiger partial charge < -0.3 is 0 Å². The Bertz CT molecular complexity index is 279. The molecule has 2 aliphatic carbocycles. The molecule has 2 aliphatic rings. The van der Waals surface area contributed by atoms with Crippen LogP contribution >= 0.6 is 27.9 Å². The Labute approximate surface area is 110 Å². The van der Waals surface area contributed by atoms with E-state index in [1.807, 2.05) is 0 Å². The van der Waals surface area contributed by atoms with Gasteiger partial charge in [0.2, 0.25) is 0 Å². The van der Waals surface area contributed by atoms with E-state index in [1.54, 1.807) is 11.1 Å². The van der Waals surface area contributed by atoms with Crippen molar-refractivity contribution in [1.82, 2.24) is 0 Å². The summed E-state index contributed by atoms with van der Waals surface area (Å²) in [6.45, 7) is 4.49. The van der Waals surface area contributed by atoms with Crippen LogP contribution in [-0.2, 0) is 14.7 Å². The fourth-order valence-electron chi connectivity index (χ4n) is 2.27. The van der Waals surface area contributed by atoms with Gasteiger partial charge in [-0.05, 0) is 38.2 Å². The molecular formula is C11H15Cl3Ti. The van der Waals surface area contributed by atoms with Gasteiger partial charge in [0, 0.05) is 5.92 Å². The molecule has 0 N–H and O–H groups in total. The third-order valence-corrected chi connectivity index (χ3v) is 2.85. The number of allylic oxidation sites excluding steroid dienone is 4. The van der Waals surface area contributed by atoms with E-state index in [9.17, 15) is 0 Å². The van der Waals surface area contributed by atoms with Gasteiger partial charge in [-0.15, -0.1) is 0 Å². The molecule has 0 fully saturated rings. The van der Waals surface area contributed by atoms with Crippen LogP contribution in [-0.4, -0.2) is 0 Å². The van der Waals surface area contributed by atoms with Crippen molar-refractivity contribution in [1.29, 1.82) is 0 Å². The summed E-state index contributed by atoms with van der Waals surface area (Å²) in [5, 5.41) is 0. The molecule has 0 spiro atoms. The summed E-state index contributed by atoms with van der Waals surface area (Å²) < 4.78 is 0. The van der Waals surface area contributed by atoms with Gasteiger partial charge in [0.15, 0.2) is 0 Å². The molecule has 0 bridgehead atoms. The SMILES string of the molecule is C[C]1C=C(C)C2=C1CCCC2.[Cl][Ti]([Cl])[Cl]. The molecule has 0 atom stereocenters. The second-order valence-corrected chi connectivity index (χ2v) is 11.6. The number of hydrogen-bond acceptors (Lipinski definition) is 0. The van der Waals surface area contributed by atoms with E-state index in [2.05, 4.69) is 19.9 Å². The first-order valence-electron chi connectivity index (χ1n) is 5.10. The second-order valence-electron chi connectivity index (χ2n) is 3.89. The summed E-state index contributed by atoms with van der Waals surface area (Å²) in [4.78, 5) is 0. The van der Waals surface area contributed by atoms with Gasteiger partial charge in [-0.2, -0.15) is 0 Å². The molecule has 0 amide bonds. The Hall–Kier alpha value is 1.06. The van der Waals surface area contributed by atoms with Crippen molar-refractivity contribution in [2.45, 2.75) is 39.5 Å². The van der Waals surface area contributed by atoms with Gasteiger partial charge in [-0.25, -0.2) is 0 Å². The standard InChI is InChI=1S/C11H15.3ClH.Ti/c1-8-7-9(2)11-6-4-3-5-10(8)11;;;;/h7H,3-6H2,1-2H3;3*1H;/q;;;;+3/p-3. The molecule has 1 radical (unpaired) electrons. The van der Waals surface area contributed by atoms with Crippen molar-refractivity contribution < 1.29 is 14.7 Å². The molecule has 2 rings (SSSR count). The van der Waals surface area contributed by atoms with Crippen molar-refractivity contribution >= 4 is 27.9 Å². The Morgan fingerprint density at radius 2 is 1.47 bits per heavy atom. The van der Waals surface area contributed by atoms with E-state index in [1.165, 1.54) is 37.2 Å². The van der Waals surface area contributed by atoms with E-state index in [0.717, 1.165) is 0 Å². The molecule has 0 aromatic carbocycles. The minimum absolute atomic E-state index is 1.33. The Balaban J connectivity index is 0.000000245. The van der Waals surface area contributed by atoms with E-state index < -0.39 is 14.7 Å². The van der Waals surface area contributed by atoms with Crippen LogP contribution < -0.4 is 0 Å². The van der Waals surface area contributed by atoms with Crippen LogP contribution in [0.5, 0.6) is 0 Å². The van der Waals surface area contributed by atoms with Gasteiger partial charge in [0.05, 0.1) is 0 Å². The van der Waals surface area contributed by atoms with Crippen molar-refractivity contribution in [2.75, 3.05) is 0 Å². The van der Waals surface area contributed by atoms with Crippen molar-refractivity contribution in [3.05, 3.63) is 28.7 Å². The average molecular weight is 301 g/mol. The van der Waals surface area contributed by atoms with Crippen LogP contribution in [0.4, 0.5) is 0 Å². The molecule has 0 heterocycles. The summed E-state index contributed by atoms with van der Waals surface area (Å²) in [5.41, 5.74) is 4.85. The molecule has 0 aliphatic heterocycles. The predicted octanol–water partition coefficient (Wildman–Crippen LogP) is 5.48. The van der Waals surface area contributed by atoms with Crippen LogP contribution in [0.3, 0.4) is 0 Å². The van der Waals surface area contributed by atoms with Gasteiger partial charge in [0.25, 0.3) is 0 Å². The van der Waals surface area contributed by atoms with Gasteiger partial charge in [-0.1, -0.05) is 24.1 Å². The van der Waals surface area contributed by atoms with Crippen LogP contribution in [0.2, 0.25) is 0 Å². The van der Waals surface area contributed by atoms with Gasteiger partial charge in [0.1, 0.15) is 0 Å².